The van der Waals surface area contributed by atoms with Crippen LogP contribution in [-0.2, 0) is 10.0 Å². The third-order valence-corrected chi connectivity index (χ3v) is 7.66. The largest absolute Gasteiger partial charge is 0.305 e. The second kappa shape index (κ2) is 4.71. The summed E-state index contributed by atoms with van der Waals surface area (Å²) in [6.45, 7) is 3.17. The van der Waals surface area contributed by atoms with E-state index in [1.54, 1.807) is 17.8 Å². The molecule has 1 aromatic rings. The van der Waals surface area contributed by atoms with Crippen LogP contribution in [0.1, 0.15) is 18.5 Å². The van der Waals surface area contributed by atoms with E-state index in [1.807, 2.05) is 0 Å². The Morgan fingerprint density at radius 1 is 1.53 bits per heavy atom. The lowest BCUT2D eigenvalue weighted by Crippen LogP contribution is -2.57. The van der Waals surface area contributed by atoms with Crippen molar-refractivity contribution in [2.24, 2.45) is 5.14 Å². The van der Waals surface area contributed by atoms with E-state index in [9.17, 15) is 8.42 Å². The first-order valence-corrected chi connectivity index (χ1v) is 9.46. The molecule has 3 atom stereocenters. The molecule has 5 nitrogen and oxygen atoms in total. The number of thiophene rings is 1. The molecule has 1 fully saturated rings. The highest BCUT2D eigenvalue weighted by Crippen LogP contribution is 2.45. The van der Waals surface area contributed by atoms with Crippen LogP contribution < -0.4 is 10.5 Å². The fourth-order valence-electron chi connectivity index (χ4n) is 2.81. The minimum atomic E-state index is -3.60. The lowest BCUT2D eigenvalue weighted by atomic mass is 9.97. The van der Waals surface area contributed by atoms with E-state index < -0.39 is 10.0 Å². The van der Waals surface area contributed by atoms with Crippen LogP contribution in [0.2, 0.25) is 0 Å². The number of hydrogen-bond donors (Lipinski definition) is 2. The zero-order valence-corrected chi connectivity index (χ0v) is 13.2. The van der Waals surface area contributed by atoms with E-state index >= 15 is 0 Å². The fourth-order valence-corrected chi connectivity index (χ4v) is 6.48. The second-order valence-corrected chi connectivity index (χ2v) is 9.35. The van der Waals surface area contributed by atoms with Gasteiger partial charge in [0.25, 0.3) is 0 Å². The average molecular weight is 319 g/mol. The highest BCUT2D eigenvalue weighted by Gasteiger charge is 2.39. The molecule has 0 aliphatic carbocycles. The number of primary sulfonamides is 1. The van der Waals surface area contributed by atoms with E-state index in [1.165, 1.54) is 11.3 Å². The Labute approximate surface area is 121 Å². The first-order valence-electron chi connectivity index (χ1n) is 6.12. The number of nitrogens with zero attached hydrogens (tertiary/aromatic N) is 1. The average Bonchev–Trinajstić information content (AvgIpc) is 2.72. The summed E-state index contributed by atoms with van der Waals surface area (Å²) in [5, 5.41) is 8.82. The molecule has 106 valence electrons. The van der Waals surface area contributed by atoms with Crippen molar-refractivity contribution in [2.75, 3.05) is 19.3 Å². The summed E-state index contributed by atoms with van der Waals surface area (Å²) in [5.74, 6) is 0.985. The maximum absolute atomic E-state index is 11.5. The molecule has 19 heavy (non-hydrogen) atoms. The number of hydrogen-bond acceptors (Lipinski definition) is 6. The lowest BCUT2D eigenvalue weighted by molar-refractivity contribution is 0.134. The van der Waals surface area contributed by atoms with Gasteiger partial charge in [-0.2, -0.15) is 0 Å². The van der Waals surface area contributed by atoms with Crippen LogP contribution >= 0.6 is 23.1 Å². The topological polar surface area (TPSA) is 75.4 Å². The Morgan fingerprint density at radius 2 is 2.26 bits per heavy atom. The molecule has 0 amide bonds. The van der Waals surface area contributed by atoms with Crippen molar-refractivity contribution in [1.82, 2.24) is 10.2 Å². The molecule has 0 bridgehead atoms. The number of piperazine rings is 1. The third kappa shape index (κ3) is 2.45. The van der Waals surface area contributed by atoms with Gasteiger partial charge in [0.1, 0.15) is 4.21 Å². The van der Waals surface area contributed by atoms with Crippen molar-refractivity contribution >= 4 is 33.1 Å². The van der Waals surface area contributed by atoms with Crippen LogP contribution in [0, 0.1) is 0 Å². The van der Waals surface area contributed by atoms with Crippen molar-refractivity contribution < 1.29 is 8.42 Å². The highest BCUT2D eigenvalue weighted by atomic mass is 32.3. The number of rotatable bonds is 1. The normalized spacial score (nSPS) is 31.8. The summed E-state index contributed by atoms with van der Waals surface area (Å²) in [7, 11) is -1.47. The van der Waals surface area contributed by atoms with Crippen molar-refractivity contribution in [2.45, 2.75) is 33.5 Å². The standard InChI is InChI=1S/C11H17N3O2S3/c1-6-4-14(2)8-5-17-11-7(10(8)13-6)3-9(18-11)19(12,15)16/h3,6,8,10,13H,4-5H2,1-2H3,(H2,12,15,16)/t6-,8-,10+/m0/s1. The van der Waals surface area contributed by atoms with Gasteiger partial charge in [-0.25, -0.2) is 13.6 Å². The maximum Gasteiger partial charge on any atom is 0.247 e. The Morgan fingerprint density at radius 3 is 2.95 bits per heavy atom. The summed E-state index contributed by atoms with van der Waals surface area (Å²) < 4.78 is 24.3. The van der Waals surface area contributed by atoms with E-state index in [0.29, 0.717) is 12.1 Å². The van der Waals surface area contributed by atoms with E-state index in [0.717, 1.165) is 22.1 Å². The molecule has 0 spiro atoms. The van der Waals surface area contributed by atoms with Crippen molar-refractivity contribution in [3.63, 3.8) is 0 Å². The van der Waals surface area contributed by atoms with Crippen LogP contribution in [0.15, 0.2) is 14.5 Å². The number of fused-ring (bicyclic) bond motifs is 3. The summed E-state index contributed by atoms with van der Waals surface area (Å²) in [5.41, 5.74) is 1.09. The molecule has 0 aromatic carbocycles. The molecular formula is C11H17N3O2S3. The summed E-state index contributed by atoms with van der Waals surface area (Å²) in [6, 6.07) is 2.77. The molecule has 3 heterocycles. The Kier molecular flexibility index (Phi) is 3.43. The lowest BCUT2D eigenvalue weighted by Gasteiger charge is -2.45. The van der Waals surface area contributed by atoms with Gasteiger partial charge in [0.05, 0.1) is 10.3 Å². The van der Waals surface area contributed by atoms with Crippen molar-refractivity contribution in [3.8, 4) is 0 Å². The Hall–Kier alpha value is -0.120. The number of nitrogens with two attached hydrogens (primary N) is 1. The number of thioether (sulfide) groups is 1. The van der Waals surface area contributed by atoms with Gasteiger partial charge in [-0.1, -0.05) is 0 Å². The van der Waals surface area contributed by atoms with Gasteiger partial charge < -0.3 is 5.32 Å². The van der Waals surface area contributed by atoms with Crippen molar-refractivity contribution in [1.29, 1.82) is 0 Å². The van der Waals surface area contributed by atoms with Gasteiger partial charge in [-0.05, 0) is 25.6 Å². The molecule has 0 radical (unpaired) electrons. The summed E-state index contributed by atoms with van der Waals surface area (Å²) in [6.07, 6.45) is 0. The molecule has 3 N–H and O–H groups in total. The predicted molar refractivity (Wildman–Crippen MR) is 78.2 cm³/mol. The minimum Gasteiger partial charge on any atom is -0.305 e. The maximum atomic E-state index is 11.5. The molecule has 2 aliphatic heterocycles. The zero-order valence-electron chi connectivity index (χ0n) is 10.8. The number of nitrogens with one attached hydrogen (secondary N) is 1. The van der Waals surface area contributed by atoms with Crippen LogP contribution in [0.3, 0.4) is 0 Å². The van der Waals surface area contributed by atoms with Crippen LogP contribution in [0.5, 0.6) is 0 Å². The van der Waals surface area contributed by atoms with Gasteiger partial charge in [0, 0.05) is 24.4 Å². The zero-order chi connectivity index (χ0) is 13.8. The molecule has 8 heteroatoms. The SMILES string of the molecule is C[C@H]1CN(C)[C@H]2CSc3sc(S(N)(=O)=O)cc3[C@H]2N1. The van der Waals surface area contributed by atoms with E-state index in [-0.39, 0.29) is 10.3 Å². The smallest absolute Gasteiger partial charge is 0.247 e. The molecule has 0 saturated carbocycles. The number of likely N-dealkylation sites (N-methyl/N-ethyl adjacent to an activating group) is 1. The first-order chi connectivity index (χ1) is 8.86. The monoisotopic (exact) mass is 319 g/mol. The van der Waals surface area contributed by atoms with Gasteiger partial charge in [-0.3, -0.25) is 4.90 Å². The molecule has 1 saturated heterocycles. The van der Waals surface area contributed by atoms with Crippen molar-refractivity contribution in [3.05, 3.63) is 11.6 Å². The third-order valence-electron chi connectivity index (χ3n) is 3.68. The highest BCUT2D eigenvalue weighted by molar-refractivity contribution is 8.01. The van der Waals surface area contributed by atoms with Crippen LogP contribution in [0.25, 0.3) is 0 Å². The summed E-state index contributed by atoms with van der Waals surface area (Å²) >= 11 is 3.03. The van der Waals surface area contributed by atoms with Gasteiger partial charge in [-0.15, -0.1) is 23.1 Å². The van der Waals surface area contributed by atoms with E-state index in [4.69, 9.17) is 5.14 Å². The summed E-state index contributed by atoms with van der Waals surface area (Å²) in [4.78, 5) is 2.36. The molecule has 2 aliphatic rings. The minimum absolute atomic E-state index is 0.205. The molecular weight excluding hydrogens is 302 g/mol. The second-order valence-electron chi connectivity index (χ2n) is 5.22. The van der Waals surface area contributed by atoms with Crippen LogP contribution in [-0.4, -0.2) is 44.7 Å². The van der Waals surface area contributed by atoms with Gasteiger partial charge in [0.15, 0.2) is 0 Å². The first kappa shape index (κ1) is 13.8. The Bertz CT molecular complexity index is 598. The van der Waals surface area contributed by atoms with Gasteiger partial charge >= 0.3 is 0 Å². The van der Waals surface area contributed by atoms with Crippen LogP contribution in [0.4, 0.5) is 0 Å². The predicted octanol–water partition coefficient (Wildman–Crippen LogP) is 0.834. The number of sulfonamides is 1. The Balaban J connectivity index is 2.02. The molecule has 1 aromatic heterocycles. The molecule has 3 rings (SSSR count). The fraction of sp³-hybridized carbons (Fsp3) is 0.636. The van der Waals surface area contributed by atoms with E-state index in [2.05, 4.69) is 24.2 Å². The molecule has 0 unspecified atom stereocenters. The van der Waals surface area contributed by atoms with Gasteiger partial charge in [0.2, 0.25) is 10.0 Å². The quantitative estimate of drug-likeness (QED) is 0.802.